The van der Waals surface area contributed by atoms with Crippen molar-refractivity contribution in [3.05, 3.63) is 30.4 Å². The molecule has 1 aliphatic carbocycles. The van der Waals surface area contributed by atoms with E-state index in [-0.39, 0.29) is 0 Å². The van der Waals surface area contributed by atoms with E-state index >= 15 is 0 Å². The van der Waals surface area contributed by atoms with E-state index in [0.717, 1.165) is 53.9 Å². The SMILES string of the molecule is C/C(=N\O)C1CCC(c2cc(N)n3ncc(-c4cnn(C)c4)c3n2)CC1. The fourth-order valence-corrected chi connectivity index (χ4v) is 3.87. The van der Waals surface area contributed by atoms with E-state index in [4.69, 9.17) is 15.9 Å². The van der Waals surface area contributed by atoms with Gasteiger partial charge < -0.3 is 10.9 Å². The number of nitrogen functional groups attached to an aromatic ring is 1. The summed E-state index contributed by atoms with van der Waals surface area (Å²) in [5.41, 5.74) is 10.8. The summed E-state index contributed by atoms with van der Waals surface area (Å²) < 4.78 is 3.44. The Hall–Kier alpha value is -2.90. The second-order valence-electron chi connectivity index (χ2n) is 7.09. The fraction of sp³-hybridized carbons (Fsp3) is 0.444. The largest absolute Gasteiger partial charge is 0.411 e. The minimum absolute atomic E-state index is 0.359. The summed E-state index contributed by atoms with van der Waals surface area (Å²) in [6.07, 6.45) is 9.57. The van der Waals surface area contributed by atoms with Crippen molar-refractivity contribution < 1.29 is 5.21 Å². The monoisotopic (exact) mass is 353 g/mol. The van der Waals surface area contributed by atoms with Crippen molar-refractivity contribution in [1.82, 2.24) is 24.4 Å². The summed E-state index contributed by atoms with van der Waals surface area (Å²) in [6, 6.07) is 1.94. The van der Waals surface area contributed by atoms with Gasteiger partial charge in [0.2, 0.25) is 0 Å². The maximum Gasteiger partial charge on any atom is 0.165 e. The maximum absolute atomic E-state index is 8.98. The summed E-state index contributed by atoms with van der Waals surface area (Å²) in [5.74, 6) is 1.32. The molecular weight excluding hydrogens is 330 g/mol. The Morgan fingerprint density at radius 1 is 1.23 bits per heavy atom. The Bertz CT molecular complexity index is 963. The van der Waals surface area contributed by atoms with E-state index in [2.05, 4.69) is 15.4 Å². The first-order chi connectivity index (χ1) is 12.6. The van der Waals surface area contributed by atoms with Crippen LogP contribution in [0.1, 0.15) is 44.2 Å². The average Bonchev–Trinajstić information content (AvgIpc) is 3.27. The second kappa shape index (κ2) is 6.44. The van der Waals surface area contributed by atoms with E-state index in [9.17, 15) is 0 Å². The molecule has 3 N–H and O–H groups in total. The van der Waals surface area contributed by atoms with E-state index in [1.54, 1.807) is 15.4 Å². The van der Waals surface area contributed by atoms with Crippen LogP contribution in [0.3, 0.4) is 0 Å². The highest BCUT2D eigenvalue weighted by molar-refractivity contribution is 5.83. The zero-order valence-corrected chi connectivity index (χ0v) is 15.0. The van der Waals surface area contributed by atoms with Crippen molar-refractivity contribution in [3.8, 4) is 11.1 Å². The zero-order valence-electron chi connectivity index (χ0n) is 15.0. The standard InChI is InChI=1S/C18H23N7O/c1-11(23-26)12-3-5-13(6-4-12)16-7-17(19)25-18(22-16)15(9-21-25)14-8-20-24(2)10-14/h7-10,12-13,26H,3-6,19H2,1-2H3/b23-11+. The van der Waals surface area contributed by atoms with Gasteiger partial charge in [-0.05, 0) is 32.6 Å². The van der Waals surface area contributed by atoms with Gasteiger partial charge in [0.1, 0.15) is 5.82 Å². The predicted octanol–water partition coefficient (Wildman–Crippen LogP) is 2.84. The van der Waals surface area contributed by atoms with Gasteiger partial charge in [-0.2, -0.15) is 14.7 Å². The number of hydrogen-bond donors (Lipinski definition) is 2. The Labute approximate surface area is 151 Å². The Morgan fingerprint density at radius 3 is 2.65 bits per heavy atom. The Balaban J connectivity index is 1.67. The second-order valence-corrected chi connectivity index (χ2v) is 7.09. The number of anilines is 1. The van der Waals surface area contributed by atoms with Crippen LogP contribution in [0.25, 0.3) is 16.8 Å². The van der Waals surface area contributed by atoms with Crippen LogP contribution in [-0.4, -0.2) is 35.3 Å². The highest BCUT2D eigenvalue weighted by atomic mass is 16.4. The first kappa shape index (κ1) is 16.6. The molecule has 0 atom stereocenters. The first-order valence-corrected chi connectivity index (χ1v) is 8.88. The maximum atomic E-state index is 8.98. The molecule has 0 aromatic carbocycles. The van der Waals surface area contributed by atoms with Crippen molar-refractivity contribution in [2.75, 3.05) is 5.73 Å². The van der Waals surface area contributed by atoms with Gasteiger partial charge in [-0.3, -0.25) is 4.68 Å². The number of fused-ring (bicyclic) bond motifs is 1. The molecule has 3 aromatic rings. The predicted molar refractivity (Wildman–Crippen MR) is 99.2 cm³/mol. The number of oxime groups is 1. The minimum atomic E-state index is 0.359. The summed E-state index contributed by atoms with van der Waals surface area (Å²) in [4.78, 5) is 4.90. The van der Waals surface area contributed by atoms with Crippen LogP contribution in [0.4, 0.5) is 5.82 Å². The van der Waals surface area contributed by atoms with Crippen molar-refractivity contribution in [3.63, 3.8) is 0 Å². The fourth-order valence-electron chi connectivity index (χ4n) is 3.87. The smallest absolute Gasteiger partial charge is 0.165 e. The summed E-state index contributed by atoms with van der Waals surface area (Å²) in [5, 5.41) is 21.0. The Kier molecular flexibility index (Phi) is 4.10. The summed E-state index contributed by atoms with van der Waals surface area (Å²) in [6.45, 7) is 1.89. The molecule has 1 aliphatic rings. The lowest BCUT2D eigenvalue weighted by atomic mass is 9.78. The molecule has 3 heterocycles. The lowest BCUT2D eigenvalue weighted by Gasteiger charge is -2.27. The van der Waals surface area contributed by atoms with E-state index < -0.39 is 0 Å². The number of nitrogens with zero attached hydrogens (tertiary/aromatic N) is 6. The molecule has 4 rings (SSSR count). The van der Waals surface area contributed by atoms with Crippen LogP contribution >= 0.6 is 0 Å². The van der Waals surface area contributed by atoms with Gasteiger partial charge in [0.05, 0.1) is 18.1 Å². The van der Waals surface area contributed by atoms with Gasteiger partial charge in [-0.1, -0.05) is 5.16 Å². The molecule has 3 aromatic heterocycles. The number of hydrogen-bond acceptors (Lipinski definition) is 6. The third-order valence-corrected chi connectivity index (χ3v) is 5.43. The van der Waals surface area contributed by atoms with E-state index in [0.29, 0.717) is 17.7 Å². The molecule has 0 radical (unpaired) electrons. The third kappa shape index (κ3) is 2.81. The van der Waals surface area contributed by atoms with Crippen LogP contribution < -0.4 is 5.73 Å². The molecule has 0 bridgehead atoms. The van der Waals surface area contributed by atoms with Gasteiger partial charge >= 0.3 is 0 Å². The van der Waals surface area contributed by atoms with E-state index in [1.165, 1.54) is 0 Å². The van der Waals surface area contributed by atoms with Crippen molar-refractivity contribution in [2.45, 2.75) is 38.5 Å². The van der Waals surface area contributed by atoms with Gasteiger partial charge in [0.25, 0.3) is 0 Å². The van der Waals surface area contributed by atoms with Crippen LogP contribution in [0.15, 0.2) is 29.8 Å². The van der Waals surface area contributed by atoms with Crippen LogP contribution in [0.2, 0.25) is 0 Å². The number of nitrogens with two attached hydrogens (primary N) is 1. The van der Waals surface area contributed by atoms with Gasteiger partial charge in [-0.15, -0.1) is 0 Å². The minimum Gasteiger partial charge on any atom is -0.411 e. The molecule has 0 amide bonds. The summed E-state index contributed by atoms with van der Waals surface area (Å²) >= 11 is 0. The van der Waals surface area contributed by atoms with Crippen LogP contribution in [0, 0.1) is 5.92 Å². The number of aryl methyl sites for hydroxylation is 1. The van der Waals surface area contributed by atoms with Crippen LogP contribution in [0.5, 0.6) is 0 Å². The normalized spacial score (nSPS) is 21.4. The molecular formula is C18H23N7O. The molecule has 0 aliphatic heterocycles. The highest BCUT2D eigenvalue weighted by Gasteiger charge is 2.26. The van der Waals surface area contributed by atoms with E-state index in [1.807, 2.05) is 32.4 Å². The molecule has 26 heavy (non-hydrogen) atoms. The zero-order chi connectivity index (χ0) is 18.3. The third-order valence-electron chi connectivity index (χ3n) is 5.43. The quantitative estimate of drug-likeness (QED) is 0.428. The highest BCUT2D eigenvalue weighted by Crippen LogP contribution is 2.37. The lowest BCUT2D eigenvalue weighted by molar-refractivity contribution is 0.306. The molecule has 1 fully saturated rings. The van der Waals surface area contributed by atoms with Gasteiger partial charge in [0.15, 0.2) is 5.65 Å². The molecule has 8 nitrogen and oxygen atoms in total. The molecule has 0 spiro atoms. The summed E-state index contributed by atoms with van der Waals surface area (Å²) in [7, 11) is 1.89. The van der Waals surface area contributed by atoms with Crippen molar-refractivity contribution in [1.29, 1.82) is 0 Å². The first-order valence-electron chi connectivity index (χ1n) is 8.88. The molecule has 0 unspecified atom stereocenters. The van der Waals surface area contributed by atoms with Gasteiger partial charge in [-0.25, -0.2) is 4.98 Å². The number of rotatable bonds is 3. The average molecular weight is 353 g/mol. The lowest BCUT2D eigenvalue weighted by Crippen LogP contribution is -2.20. The molecule has 0 saturated heterocycles. The number of aromatic nitrogens is 5. The molecule has 1 saturated carbocycles. The Morgan fingerprint density at radius 2 is 2.00 bits per heavy atom. The van der Waals surface area contributed by atoms with Gasteiger partial charge in [0, 0.05) is 48.0 Å². The topological polar surface area (TPSA) is 107 Å². The molecule has 8 heteroatoms. The van der Waals surface area contributed by atoms with Crippen molar-refractivity contribution in [2.24, 2.45) is 18.1 Å². The molecule has 136 valence electrons. The van der Waals surface area contributed by atoms with Crippen molar-refractivity contribution >= 4 is 17.2 Å². The van der Waals surface area contributed by atoms with Crippen LogP contribution in [-0.2, 0) is 7.05 Å².